The van der Waals surface area contributed by atoms with Crippen LogP contribution in [0.2, 0.25) is 5.02 Å². The smallest absolute Gasteiger partial charge is 0.295 e. The van der Waals surface area contributed by atoms with Gasteiger partial charge in [-0.2, -0.15) is 0 Å². The van der Waals surface area contributed by atoms with E-state index in [1.165, 1.54) is 4.90 Å². The second kappa shape index (κ2) is 9.46. The van der Waals surface area contributed by atoms with Crippen LogP contribution in [-0.4, -0.2) is 22.7 Å². The molecule has 2 aromatic carbocycles. The molecular formula is C26H23ClN2O4. The molecule has 1 atom stereocenters. The number of aromatic amines is 1. The third-order valence-corrected chi connectivity index (χ3v) is 5.58. The van der Waals surface area contributed by atoms with Crippen molar-refractivity contribution in [3.8, 4) is 5.75 Å². The lowest BCUT2D eigenvalue weighted by Crippen LogP contribution is -2.29. The van der Waals surface area contributed by atoms with Gasteiger partial charge in [0.25, 0.3) is 5.91 Å². The van der Waals surface area contributed by atoms with Gasteiger partial charge in [0.2, 0.25) is 5.78 Å². The normalized spacial score (nSPS) is 17.6. The Morgan fingerprint density at radius 3 is 2.39 bits per heavy atom. The lowest BCUT2D eigenvalue weighted by atomic mass is 9.95. The Morgan fingerprint density at radius 2 is 1.79 bits per heavy atom. The number of hydrogen-bond acceptors (Lipinski definition) is 4. The summed E-state index contributed by atoms with van der Waals surface area (Å²) in [7, 11) is 0. The molecule has 1 aliphatic rings. The van der Waals surface area contributed by atoms with E-state index in [9.17, 15) is 14.7 Å². The molecule has 1 N–H and O–H groups in total. The molecule has 7 heteroatoms. The van der Waals surface area contributed by atoms with Gasteiger partial charge in [-0.1, -0.05) is 41.6 Å². The van der Waals surface area contributed by atoms with Gasteiger partial charge in [0.15, 0.2) is 12.4 Å². The first kappa shape index (κ1) is 22.6. The highest BCUT2D eigenvalue weighted by Gasteiger charge is 2.44. The number of ketones is 1. The number of likely N-dealkylation sites (tertiary alicyclic amines) is 1. The first-order valence-corrected chi connectivity index (χ1v) is 11.0. The van der Waals surface area contributed by atoms with E-state index in [1.807, 2.05) is 26.0 Å². The maximum atomic E-state index is 13.4. The Morgan fingerprint density at radius 1 is 1.09 bits per heavy atom. The van der Waals surface area contributed by atoms with Gasteiger partial charge in [-0.25, -0.2) is 4.98 Å². The molecule has 6 nitrogen and oxygen atoms in total. The summed E-state index contributed by atoms with van der Waals surface area (Å²) in [5.74, 6) is -1.31. The number of aromatic nitrogens is 1. The zero-order valence-corrected chi connectivity index (χ0v) is 19.0. The van der Waals surface area contributed by atoms with Crippen LogP contribution in [0.1, 0.15) is 36.6 Å². The van der Waals surface area contributed by atoms with Crippen molar-refractivity contribution >= 4 is 29.1 Å². The van der Waals surface area contributed by atoms with E-state index < -0.39 is 23.5 Å². The molecule has 0 radical (unpaired) electrons. The predicted octanol–water partition coefficient (Wildman–Crippen LogP) is 3.37. The first-order valence-electron chi connectivity index (χ1n) is 10.6. The van der Waals surface area contributed by atoms with Crippen LogP contribution in [0.3, 0.4) is 0 Å². The fourth-order valence-corrected chi connectivity index (χ4v) is 3.99. The zero-order valence-electron chi connectivity index (χ0n) is 18.2. The quantitative estimate of drug-likeness (QED) is 0.319. The number of pyridine rings is 1. The maximum Gasteiger partial charge on any atom is 0.295 e. The Hall–Kier alpha value is -3.64. The summed E-state index contributed by atoms with van der Waals surface area (Å²) in [5, 5.41) is 13.9. The molecule has 1 amide bonds. The summed E-state index contributed by atoms with van der Waals surface area (Å²) >= 11 is 5.95. The van der Waals surface area contributed by atoms with Crippen molar-refractivity contribution in [1.29, 1.82) is 0 Å². The molecule has 3 aromatic rings. The van der Waals surface area contributed by atoms with Crippen LogP contribution < -0.4 is 14.8 Å². The number of nitrogens with zero attached hydrogens (tertiary/aromatic N) is 1. The van der Waals surface area contributed by atoms with Gasteiger partial charge >= 0.3 is 0 Å². The van der Waals surface area contributed by atoms with Crippen molar-refractivity contribution in [3.05, 3.63) is 100 Å². The van der Waals surface area contributed by atoms with Crippen LogP contribution in [0.15, 0.2) is 78.6 Å². The maximum absolute atomic E-state index is 13.4. The van der Waals surface area contributed by atoms with Crippen molar-refractivity contribution in [3.63, 3.8) is 0 Å². The number of benzene rings is 2. The second-order valence-corrected chi connectivity index (χ2v) is 8.50. The Bertz CT molecular complexity index is 1190. The van der Waals surface area contributed by atoms with Crippen molar-refractivity contribution < 1.29 is 24.4 Å². The van der Waals surface area contributed by atoms with Gasteiger partial charge in [0.1, 0.15) is 5.75 Å². The summed E-state index contributed by atoms with van der Waals surface area (Å²) in [4.78, 5) is 30.5. The minimum atomic E-state index is -0.818. The SMILES string of the molecule is CC(C)Oc1ccc(C2/C(=C(\[O-])c3ccc(Cl)cc3)C(=O)C(=O)N2Cc2ccc[nH+]c2)cc1. The molecule has 0 saturated carbocycles. The fraction of sp³-hybridized carbons (Fsp3) is 0.192. The monoisotopic (exact) mass is 462 g/mol. The van der Waals surface area contributed by atoms with Gasteiger partial charge < -0.3 is 14.7 Å². The summed E-state index contributed by atoms with van der Waals surface area (Å²) in [6.07, 6.45) is 3.52. The molecular weight excluding hydrogens is 440 g/mol. The number of carbonyl (C=O) groups excluding carboxylic acids is 2. The number of Topliss-reactive ketones (excluding diaryl/α,β-unsaturated/α-hetero) is 1. The number of nitrogens with one attached hydrogen (secondary N) is 1. The summed E-state index contributed by atoms with van der Waals surface area (Å²) < 4.78 is 5.71. The molecule has 168 valence electrons. The van der Waals surface area contributed by atoms with Gasteiger partial charge in [0.05, 0.1) is 18.7 Å². The molecule has 2 heterocycles. The minimum Gasteiger partial charge on any atom is -0.872 e. The highest BCUT2D eigenvalue weighted by Crippen LogP contribution is 2.40. The molecule has 33 heavy (non-hydrogen) atoms. The first-order chi connectivity index (χ1) is 15.8. The highest BCUT2D eigenvalue weighted by molar-refractivity contribution is 6.46. The van der Waals surface area contributed by atoms with Crippen molar-refractivity contribution in [2.75, 3.05) is 0 Å². The van der Waals surface area contributed by atoms with E-state index in [0.717, 1.165) is 5.56 Å². The topological polar surface area (TPSA) is 83.8 Å². The highest BCUT2D eigenvalue weighted by atomic mass is 35.5. The number of ether oxygens (including phenoxy) is 1. The average molecular weight is 463 g/mol. The molecule has 0 bridgehead atoms. The van der Waals surface area contributed by atoms with Crippen molar-refractivity contribution in [1.82, 2.24) is 4.90 Å². The van der Waals surface area contributed by atoms with E-state index in [-0.39, 0.29) is 18.2 Å². The molecule has 1 fully saturated rings. The van der Waals surface area contributed by atoms with Gasteiger partial charge in [-0.05, 0) is 55.3 Å². The van der Waals surface area contributed by atoms with Crippen LogP contribution in [0.5, 0.6) is 5.75 Å². The summed E-state index contributed by atoms with van der Waals surface area (Å²) in [6, 6.07) is 16.3. The van der Waals surface area contributed by atoms with Gasteiger partial charge in [-0.3, -0.25) is 9.59 Å². The van der Waals surface area contributed by atoms with Gasteiger partial charge in [-0.15, -0.1) is 0 Å². The lowest BCUT2D eigenvalue weighted by molar-refractivity contribution is -0.378. The second-order valence-electron chi connectivity index (χ2n) is 8.06. The Labute approximate surface area is 197 Å². The molecule has 0 aliphatic carbocycles. The molecule has 1 unspecified atom stereocenters. The summed E-state index contributed by atoms with van der Waals surface area (Å²) in [5.41, 5.74) is 1.70. The van der Waals surface area contributed by atoms with E-state index in [1.54, 1.807) is 60.9 Å². The number of halogens is 1. The molecule has 1 aromatic heterocycles. The number of H-pyrrole nitrogens is 1. The van der Waals surface area contributed by atoms with E-state index in [4.69, 9.17) is 16.3 Å². The lowest BCUT2D eigenvalue weighted by Gasteiger charge is -2.27. The third kappa shape index (κ3) is 4.76. The standard InChI is InChI=1S/C26H23ClN2O4/c1-16(2)33-21-11-7-18(8-12-21)23-22(24(30)19-5-9-20(27)10-6-19)25(31)26(32)29(23)15-17-4-3-13-28-14-17/h3-14,16,23,30H,15H2,1-2H3/b24-22+. The average Bonchev–Trinajstić information content (AvgIpc) is 3.05. The van der Waals surface area contributed by atoms with Gasteiger partial charge in [0, 0.05) is 22.2 Å². The van der Waals surface area contributed by atoms with Crippen molar-refractivity contribution in [2.24, 2.45) is 0 Å². The van der Waals surface area contributed by atoms with E-state index in [0.29, 0.717) is 21.9 Å². The molecule has 1 saturated heterocycles. The van der Waals surface area contributed by atoms with Crippen LogP contribution in [0.25, 0.3) is 5.76 Å². The van der Waals surface area contributed by atoms with Crippen LogP contribution in [-0.2, 0) is 16.1 Å². The van der Waals surface area contributed by atoms with Crippen LogP contribution in [0, 0.1) is 0 Å². The fourth-order valence-electron chi connectivity index (χ4n) is 3.86. The van der Waals surface area contributed by atoms with E-state index in [2.05, 4.69) is 4.98 Å². The van der Waals surface area contributed by atoms with E-state index >= 15 is 0 Å². The zero-order chi connectivity index (χ0) is 23.5. The van der Waals surface area contributed by atoms with Crippen LogP contribution >= 0.6 is 11.6 Å². The molecule has 0 spiro atoms. The Balaban J connectivity index is 1.81. The Kier molecular flexibility index (Phi) is 6.47. The molecule has 1 aliphatic heterocycles. The number of carbonyl (C=O) groups is 2. The predicted molar refractivity (Wildman–Crippen MR) is 122 cm³/mol. The van der Waals surface area contributed by atoms with Crippen molar-refractivity contribution in [2.45, 2.75) is 32.5 Å². The number of hydrogen-bond donors (Lipinski definition) is 0. The third-order valence-electron chi connectivity index (χ3n) is 5.33. The minimum absolute atomic E-state index is 0.00456. The largest absolute Gasteiger partial charge is 0.872 e. The summed E-state index contributed by atoms with van der Waals surface area (Å²) in [6.45, 7) is 4.03. The molecule has 4 rings (SSSR count). The van der Waals surface area contributed by atoms with Crippen LogP contribution in [0.4, 0.5) is 0 Å². The number of rotatable bonds is 6. The number of amides is 1.